The molecule has 0 spiro atoms. The minimum atomic E-state index is -0.375. The van der Waals surface area contributed by atoms with Crippen LogP contribution in [0.5, 0.6) is 0 Å². The number of rotatable bonds is 6. The summed E-state index contributed by atoms with van der Waals surface area (Å²) in [5.74, 6) is 1.52. The van der Waals surface area contributed by atoms with E-state index in [0.717, 1.165) is 17.7 Å². The Morgan fingerprint density at radius 3 is 2.68 bits per heavy atom. The van der Waals surface area contributed by atoms with Gasteiger partial charge in [-0.15, -0.1) is 11.8 Å². The van der Waals surface area contributed by atoms with E-state index in [4.69, 9.17) is 5.73 Å². The summed E-state index contributed by atoms with van der Waals surface area (Å²) >= 11 is 1.33. The zero-order chi connectivity index (χ0) is 18.4. The van der Waals surface area contributed by atoms with Crippen LogP contribution < -0.4 is 16.4 Å². The second-order valence-electron chi connectivity index (χ2n) is 7.28. The average Bonchev–Trinajstić information content (AvgIpc) is 2.53. The van der Waals surface area contributed by atoms with Crippen molar-refractivity contribution in [2.75, 3.05) is 11.1 Å². The normalized spacial score (nSPS) is 23.3. The molecule has 3 atom stereocenters. The molecule has 0 heterocycles. The molecule has 1 saturated carbocycles. The van der Waals surface area contributed by atoms with Crippen LogP contribution >= 0.6 is 11.8 Å². The number of para-hydroxylation sites is 1. The van der Waals surface area contributed by atoms with Crippen LogP contribution in [0.3, 0.4) is 0 Å². The number of amides is 3. The largest absolute Gasteiger partial charge is 0.369 e. The Bertz CT molecular complexity index is 606. The highest BCUT2D eigenvalue weighted by molar-refractivity contribution is 8.00. The van der Waals surface area contributed by atoms with Crippen molar-refractivity contribution < 1.29 is 9.59 Å². The first-order chi connectivity index (χ1) is 11.9. The van der Waals surface area contributed by atoms with Gasteiger partial charge in [-0.2, -0.15) is 0 Å². The number of nitrogens with two attached hydrogens (primary N) is 1. The molecule has 2 rings (SSSR count). The topological polar surface area (TPSA) is 84.2 Å². The fourth-order valence-corrected chi connectivity index (χ4v) is 4.29. The Kier molecular flexibility index (Phi) is 7.17. The van der Waals surface area contributed by atoms with Crippen LogP contribution in [-0.2, 0) is 4.79 Å². The van der Waals surface area contributed by atoms with Gasteiger partial charge in [-0.25, -0.2) is 4.79 Å². The van der Waals surface area contributed by atoms with Crippen LogP contribution in [0.15, 0.2) is 29.2 Å². The molecule has 0 radical (unpaired) electrons. The molecule has 138 valence electrons. The van der Waals surface area contributed by atoms with E-state index < -0.39 is 0 Å². The Balaban J connectivity index is 2.00. The number of urea groups is 1. The van der Waals surface area contributed by atoms with E-state index in [-0.39, 0.29) is 23.7 Å². The van der Waals surface area contributed by atoms with E-state index in [9.17, 15) is 9.59 Å². The lowest BCUT2D eigenvalue weighted by molar-refractivity contribution is -0.115. The Morgan fingerprint density at radius 1 is 1.28 bits per heavy atom. The van der Waals surface area contributed by atoms with E-state index >= 15 is 0 Å². The maximum absolute atomic E-state index is 12.5. The van der Waals surface area contributed by atoms with Crippen molar-refractivity contribution in [3.63, 3.8) is 0 Å². The lowest BCUT2D eigenvalue weighted by Gasteiger charge is -2.37. The van der Waals surface area contributed by atoms with Crippen LogP contribution in [0.4, 0.5) is 10.5 Å². The molecule has 0 saturated heterocycles. The lowest BCUT2D eigenvalue weighted by Crippen LogP contribution is -2.47. The van der Waals surface area contributed by atoms with Crippen molar-refractivity contribution in [2.24, 2.45) is 23.5 Å². The summed E-state index contributed by atoms with van der Waals surface area (Å²) in [5, 5.41) is 6.10. The van der Waals surface area contributed by atoms with Crippen molar-refractivity contribution in [1.82, 2.24) is 5.32 Å². The molecule has 0 unspecified atom stereocenters. The summed E-state index contributed by atoms with van der Waals surface area (Å²) in [5.41, 5.74) is 5.92. The molecule has 5 nitrogen and oxygen atoms in total. The van der Waals surface area contributed by atoms with Crippen LogP contribution in [0.2, 0.25) is 0 Å². The molecule has 4 N–H and O–H groups in total. The van der Waals surface area contributed by atoms with Gasteiger partial charge in [0.15, 0.2) is 0 Å². The minimum Gasteiger partial charge on any atom is -0.369 e. The van der Waals surface area contributed by atoms with Gasteiger partial charge in [0, 0.05) is 10.9 Å². The molecule has 3 amide bonds. The highest BCUT2D eigenvalue weighted by atomic mass is 32.2. The molecule has 1 aliphatic rings. The third-order valence-corrected chi connectivity index (χ3v) is 5.94. The third-order valence-electron chi connectivity index (χ3n) is 4.84. The molecular formula is C19H29N3O2S. The van der Waals surface area contributed by atoms with E-state index in [2.05, 4.69) is 31.4 Å². The van der Waals surface area contributed by atoms with Crippen molar-refractivity contribution in [3.05, 3.63) is 24.3 Å². The Hall–Kier alpha value is -1.69. The number of carbonyl (C=O) groups excluding carboxylic acids is 2. The molecule has 1 aromatic rings. The van der Waals surface area contributed by atoms with Gasteiger partial charge in [0.1, 0.15) is 0 Å². The third kappa shape index (κ3) is 5.96. The second kappa shape index (κ2) is 9.13. The van der Waals surface area contributed by atoms with E-state index in [1.165, 1.54) is 18.2 Å². The lowest BCUT2D eigenvalue weighted by atomic mass is 9.74. The van der Waals surface area contributed by atoms with Crippen molar-refractivity contribution in [2.45, 2.75) is 51.0 Å². The molecule has 1 aliphatic carbocycles. The number of nitrogens with one attached hydrogen (secondary N) is 2. The van der Waals surface area contributed by atoms with Crippen molar-refractivity contribution in [1.29, 1.82) is 0 Å². The summed E-state index contributed by atoms with van der Waals surface area (Å²) in [6, 6.07) is 7.48. The molecule has 25 heavy (non-hydrogen) atoms. The summed E-state index contributed by atoms with van der Waals surface area (Å²) in [6.07, 6.45) is 3.42. The fraction of sp³-hybridized carbons (Fsp3) is 0.579. The molecule has 1 aromatic carbocycles. The number of thioether (sulfide) groups is 1. The fourth-order valence-electron chi connectivity index (χ4n) is 3.54. The number of anilines is 1. The zero-order valence-electron chi connectivity index (χ0n) is 15.2. The van der Waals surface area contributed by atoms with Gasteiger partial charge in [-0.1, -0.05) is 39.3 Å². The van der Waals surface area contributed by atoms with Gasteiger partial charge in [0.2, 0.25) is 5.91 Å². The molecule has 0 aromatic heterocycles. The van der Waals surface area contributed by atoms with Gasteiger partial charge >= 0.3 is 6.03 Å². The smallest absolute Gasteiger partial charge is 0.319 e. The first kappa shape index (κ1) is 19.6. The minimum absolute atomic E-state index is 0.183. The number of hydrogen-bond acceptors (Lipinski definition) is 3. The predicted molar refractivity (Wildman–Crippen MR) is 104 cm³/mol. The first-order valence-electron chi connectivity index (χ1n) is 8.94. The SMILES string of the molecule is CC(C)[C@H]1CC[C@@H](C)C[C@H]1NC(=O)Nc1ccccc1SCC(N)=O. The standard InChI is InChI=1S/C19H29N3O2S/c1-12(2)14-9-8-13(3)10-16(14)22-19(24)21-15-6-4-5-7-17(15)25-11-18(20)23/h4-7,12-14,16H,8-11H2,1-3H3,(H2,20,23)(H2,21,22,24)/t13-,14-,16-/m1/s1. The Labute approximate surface area is 154 Å². The van der Waals surface area contributed by atoms with Gasteiger partial charge in [0.25, 0.3) is 0 Å². The zero-order valence-corrected chi connectivity index (χ0v) is 16.1. The monoisotopic (exact) mass is 363 g/mol. The van der Waals surface area contributed by atoms with Crippen LogP contribution in [0.1, 0.15) is 40.0 Å². The average molecular weight is 364 g/mol. The summed E-state index contributed by atoms with van der Waals surface area (Å²) in [6.45, 7) is 6.70. The highest BCUT2D eigenvalue weighted by Gasteiger charge is 2.31. The molecular weight excluding hydrogens is 334 g/mol. The number of benzene rings is 1. The summed E-state index contributed by atoms with van der Waals surface area (Å²) in [4.78, 5) is 24.4. The maximum Gasteiger partial charge on any atom is 0.319 e. The van der Waals surface area contributed by atoms with Gasteiger partial charge in [0.05, 0.1) is 11.4 Å². The summed E-state index contributed by atoms with van der Waals surface area (Å²) in [7, 11) is 0. The van der Waals surface area contributed by atoms with Gasteiger partial charge in [-0.3, -0.25) is 4.79 Å². The highest BCUT2D eigenvalue weighted by Crippen LogP contribution is 2.33. The first-order valence-corrected chi connectivity index (χ1v) is 9.93. The van der Waals surface area contributed by atoms with E-state index in [1.54, 1.807) is 0 Å². The molecule has 6 heteroatoms. The van der Waals surface area contributed by atoms with E-state index in [1.807, 2.05) is 24.3 Å². The Morgan fingerprint density at radius 2 is 2.00 bits per heavy atom. The van der Waals surface area contributed by atoms with Crippen molar-refractivity contribution in [3.8, 4) is 0 Å². The van der Waals surface area contributed by atoms with Crippen LogP contribution in [0.25, 0.3) is 0 Å². The molecule has 0 aliphatic heterocycles. The van der Waals surface area contributed by atoms with Gasteiger partial charge < -0.3 is 16.4 Å². The number of primary amides is 1. The predicted octanol–water partition coefficient (Wildman–Crippen LogP) is 3.85. The maximum atomic E-state index is 12.5. The number of hydrogen-bond donors (Lipinski definition) is 3. The van der Waals surface area contributed by atoms with Crippen LogP contribution in [0, 0.1) is 17.8 Å². The second-order valence-corrected chi connectivity index (χ2v) is 8.30. The van der Waals surface area contributed by atoms with Crippen molar-refractivity contribution >= 4 is 29.4 Å². The van der Waals surface area contributed by atoms with E-state index in [0.29, 0.717) is 23.4 Å². The number of carbonyl (C=O) groups is 2. The quantitative estimate of drug-likeness (QED) is 0.671. The van der Waals surface area contributed by atoms with Crippen LogP contribution in [-0.4, -0.2) is 23.7 Å². The molecule has 0 bridgehead atoms. The molecule has 1 fully saturated rings. The summed E-state index contributed by atoms with van der Waals surface area (Å²) < 4.78 is 0. The van der Waals surface area contributed by atoms with Gasteiger partial charge in [-0.05, 0) is 42.7 Å².